The maximum absolute atomic E-state index is 12.8. The van der Waals surface area contributed by atoms with Gasteiger partial charge in [0.2, 0.25) is 17.7 Å². The van der Waals surface area contributed by atoms with Crippen molar-refractivity contribution in [2.24, 2.45) is 5.73 Å². The third kappa shape index (κ3) is 6.64. The van der Waals surface area contributed by atoms with Gasteiger partial charge >= 0.3 is 5.97 Å². The molecule has 0 aliphatic rings. The Balaban J connectivity index is 2.26. The van der Waals surface area contributed by atoms with Crippen molar-refractivity contribution in [3.8, 4) is 0 Å². The maximum Gasteiger partial charge on any atom is 0.327 e. The molecule has 0 aliphatic heterocycles. The number of nitrogens with two attached hydrogens (primary N) is 1. The number of aliphatic carboxylic acids is 1. The molecule has 0 fully saturated rings. The number of hydrogen-bond acceptors (Lipinski definition) is 7. The van der Waals surface area contributed by atoms with Crippen molar-refractivity contribution in [2.45, 2.75) is 24.5 Å². The van der Waals surface area contributed by atoms with Crippen LogP contribution in [0.1, 0.15) is 5.56 Å². The zero-order chi connectivity index (χ0) is 23.0. The minimum Gasteiger partial charge on any atom is -0.480 e. The summed E-state index contributed by atoms with van der Waals surface area (Å²) in [7, 11) is 0. The van der Waals surface area contributed by atoms with E-state index in [1.54, 1.807) is 6.20 Å². The van der Waals surface area contributed by atoms with Crippen LogP contribution in [0.15, 0.2) is 30.5 Å². The van der Waals surface area contributed by atoms with Crippen LogP contribution < -0.4 is 21.7 Å². The molecule has 3 amide bonds. The number of carboxylic acid groups (broad SMARTS) is 1. The van der Waals surface area contributed by atoms with Crippen molar-refractivity contribution in [1.82, 2.24) is 20.9 Å². The van der Waals surface area contributed by atoms with Crippen molar-refractivity contribution >= 4 is 59.9 Å². The highest BCUT2D eigenvalue weighted by Crippen LogP contribution is 2.19. The molecule has 1 heterocycles. The Kier molecular flexibility index (Phi) is 9.21. The summed E-state index contributed by atoms with van der Waals surface area (Å²) in [5.41, 5.74) is 6.87. The zero-order valence-electron chi connectivity index (χ0n) is 16.5. The maximum atomic E-state index is 12.8. The highest BCUT2D eigenvalue weighted by molar-refractivity contribution is 7.80. The lowest BCUT2D eigenvalue weighted by Gasteiger charge is -2.23. The van der Waals surface area contributed by atoms with Gasteiger partial charge in [0.05, 0.1) is 6.54 Å². The Hall–Kier alpha value is -2.70. The number of benzene rings is 1. The summed E-state index contributed by atoms with van der Waals surface area (Å²) in [4.78, 5) is 51.5. The molecule has 31 heavy (non-hydrogen) atoms. The molecule has 0 spiro atoms. The molecule has 7 N–H and O–H groups in total. The van der Waals surface area contributed by atoms with Gasteiger partial charge in [0.15, 0.2) is 0 Å². The Morgan fingerprint density at radius 3 is 2.19 bits per heavy atom. The quantitative estimate of drug-likeness (QED) is 0.199. The smallest absolute Gasteiger partial charge is 0.327 e. The average molecular weight is 468 g/mol. The predicted octanol–water partition coefficient (Wildman–Crippen LogP) is -0.932. The Bertz CT molecular complexity index is 951. The second-order valence-electron chi connectivity index (χ2n) is 6.71. The summed E-state index contributed by atoms with van der Waals surface area (Å²) in [6, 6.07) is 4.08. The lowest BCUT2D eigenvalue weighted by atomic mass is 10.0. The number of H-pyrrole nitrogens is 1. The first-order chi connectivity index (χ1) is 14.8. The fraction of sp³-hybridized carbons (Fsp3) is 0.368. The van der Waals surface area contributed by atoms with Crippen molar-refractivity contribution in [2.75, 3.05) is 18.1 Å². The summed E-state index contributed by atoms with van der Waals surface area (Å²) >= 11 is 8.01. The molecule has 1 aromatic heterocycles. The molecule has 0 bridgehead atoms. The highest BCUT2D eigenvalue weighted by Gasteiger charge is 2.29. The largest absolute Gasteiger partial charge is 0.480 e. The number of nitrogens with one attached hydrogen (secondary N) is 4. The molecule has 12 heteroatoms. The minimum atomic E-state index is -1.25. The van der Waals surface area contributed by atoms with E-state index in [2.05, 4.69) is 46.2 Å². The molecule has 10 nitrogen and oxygen atoms in total. The Morgan fingerprint density at radius 1 is 0.968 bits per heavy atom. The first-order valence-electron chi connectivity index (χ1n) is 9.40. The van der Waals surface area contributed by atoms with E-state index in [0.717, 1.165) is 16.5 Å². The van der Waals surface area contributed by atoms with Gasteiger partial charge in [-0.2, -0.15) is 25.3 Å². The zero-order valence-corrected chi connectivity index (χ0v) is 18.3. The standard InChI is InChI=1S/C19H25N5O5S2/c20-6-16(25)22-14(8-30)18(27)23-13(17(26)24-15(9-31)19(28)29)5-10-7-21-12-4-2-1-3-11(10)12/h1-4,7,13-15,21,30-31H,5-6,8-9,20H2,(H,22,25)(H,23,27)(H,24,26)(H,28,29). The fourth-order valence-corrected chi connectivity index (χ4v) is 3.41. The normalized spacial score (nSPS) is 13.8. The van der Waals surface area contributed by atoms with Crippen LogP contribution >= 0.6 is 25.3 Å². The predicted molar refractivity (Wildman–Crippen MR) is 122 cm³/mol. The average Bonchev–Trinajstić information content (AvgIpc) is 3.17. The van der Waals surface area contributed by atoms with Crippen LogP contribution in [0.3, 0.4) is 0 Å². The van der Waals surface area contributed by atoms with Crippen LogP contribution in [-0.4, -0.2) is 70.0 Å². The molecule has 0 aliphatic carbocycles. The summed E-state index contributed by atoms with van der Waals surface area (Å²) in [6.45, 7) is -0.307. The van der Waals surface area contributed by atoms with E-state index >= 15 is 0 Å². The number of hydrogen-bond donors (Lipinski definition) is 8. The number of thiol groups is 2. The van der Waals surface area contributed by atoms with Gasteiger partial charge in [-0.05, 0) is 11.6 Å². The number of carbonyl (C=O) groups excluding carboxylic acids is 3. The molecule has 0 saturated heterocycles. The number of carboxylic acids is 1. The molecule has 3 atom stereocenters. The van der Waals surface area contributed by atoms with E-state index in [-0.39, 0.29) is 24.5 Å². The topological polar surface area (TPSA) is 166 Å². The lowest BCUT2D eigenvalue weighted by molar-refractivity contribution is -0.141. The van der Waals surface area contributed by atoms with Crippen molar-refractivity contribution in [3.63, 3.8) is 0 Å². The van der Waals surface area contributed by atoms with E-state index in [0.29, 0.717) is 0 Å². The van der Waals surface area contributed by atoms with Crippen LogP contribution in [0.4, 0.5) is 0 Å². The van der Waals surface area contributed by atoms with Gasteiger partial charge in [-0.25, -0.2) is 4.79 Å². The SMILES string of the molecule is NCC(=O)NC(CS)C(=O)NC(Cc1c[nH]c2ccccc12)C(=O)NC(CS)C(=O)O. The Labute approximate surface area is 189 Å². The monoisotopic (exact) mass is 467 g/mol. The number of fused-ring (bicyclic) bond motifs is 1. The van der Waals surface area contributed by atoms with E-state index in [4.69, 9.17) is 5.73 Å². The van der Waals surface area contributed by atoms with Crippen molar-refractivity contribution in [1.29, 1.82) is 0 Å². The van der Waals surface area contributed by atoms with Crippen LogP contribution in [0.25, 0.3) is 10.9 Å². The van der Waals surface area contributed by atoms with Gasteiger partial charge in [-0.3, -0.25) is 14.4 Å². The summed E-state index contributed by atoms with van der Waals surface area (Å²) in [5, 5.41) is 17.5. The Morgan fingerprint density at radius 2 is 1.58 bits per heavy atom. The molecule has 1 aromatic carbocycles. The highest BCUT2D eigenvalue weighted by atomic mass is 32.1. The van der Waals surface area contributed by atoms with Crippen LogP contribution in [0.5, 0.6) is 0 Å². The van der Waals surface area contributed by atoms with Gasteiger partial charge in [-0.15, -0.1) is 0 Å². The summed E-state index contributed by atoms with van der Waals surface area (Å²) in [6.07, 6.45) is 1.81. The van der Waals surface area contributed by atoms with Gasteiger partial charge in [0, 0.05) is 35.0 Å². The first kappa shape index (κ1) is 24.6. The number of rotatable bonds is 11. The third-order valence-corrected chi connectivity index (χ3v) is 5.28. The number of para-hydroxylation sites is 1. The molecule has 168 valence electrons. The van der Waals surface area contributed by atoms with E-state index in [9.17, 15) is 24.3 Å². The van der Waals surface area contributed by atoms with Crippen LogP contribution in [0.2, 0.25) is 0 Å². The van der Waals surface area contributed by atoms with Crippen molar-refractivity contribution < 1.29 is 24.3 Å². The number of carbonyl (C=O) groups is 4. The molecule has 0 radical (unpaired) electrons. The van der Waals surface area contributed by atoms with Crippen molar-refractivity contribution in [3.05, 3.63) is 36.0 Å². The van der Waals surface area contributed by atoms with Gasteiger partial charge in [-0.1, -0.05) is 18.2 Å². The molecular formula is C19H25N5O5S2. The molecular weight excluding hydrogens is 442 g/mol. The second kappa shape index (κ2) is 11.6. The molecule has 2 rings (SSSR count). The van der Waals surface area contributed by atoms with Gasteiger partial charge in [0.1, 0.15) is 18.1 Å². The first-order valence-corrected chi connectivity index (χ1v) is 10.7. The van der Waals surface area contributed by atoms with Gasteiger partial charge in [0.25, 0.3) is 0 Å². The molecule has 2 aromatic rings. The van der Waals surface area contributed by atoms with Crippen LogP contribution in [-0.2, 0) is 25.6 Å². The lowest BCUT2D eigenvalue weighted by Crippen LogP contribution is -2.57. The third-order valence-electron chi connectivity index (χ3n) is 4.55. The van der Waals surface area contributed by atoms with E-state index in [1.165, 1.54) is 0 Å². The van der Waals surface area contributed by atoms with Crippen LogP contribution in [0, 0.1) is 0 Å². The van der Waals surface area contributed by atoms with E-state index < -0.39 is 41.8 Å². The number of aromatic nitrogens is 1. The minimum absolute atomic E-state index is 0.0204. The number of amides is 3. The summed E-state index contributed by atoms with van der Waals surface area (Å²) < 4.78 is 0. The number of aromatic amines is 1. The molecule has 0 saturated carbocycles. The second-order valence-corrected chi connectivity index (χ2v) is 7.44. The van der Waals surface area contributed by atoms with Gasteiger partial charge < -0.3 is 31.8 Å². The molecule has 3 unspecified atom stereocenters. The van der Waals surface area contributed by atoms with E-state index in [1.807, 2.05) is 24.3 Å². The fourth-order valence-electron chi connectivity index (χ4n) is 2.91. The summed E-state index contributed by atoms with van der Waals surface area (Å²) in [5.74, 6) is -3.27.